The second kappa shape index (κ2) is 16.7. The first kappa shape index (κ1) is 38.4. The van der Waals surface area contributed by atoms with Crippen LogP contribution in [0.25, 0.3) is 0 Å². The molecule has 1 aliphatic heterocycles. The number of hydrogen-bond acceptors (Lipinski definition) is 12. The molecule has 1 saturated carbocycles. The highest BCUT2D eigenvalue weighted by atomic mass is 31.2. The van der Waals surface area contributed by atoms with Crippen LogP contribution in [0.3, 0.4) is 0 Å². The topological polar surface area (TPSA) is 154 Å². The molecule has 1 aliphatic carbocycles. The van der Waals surface area contributed by atoms with Crippen molar-refractivity contribution < 1.29 is 50.9 Å². The molecule has 1 aromatic heterocycles. The number of aliphatic hydroxyl groups is 1. The summed E-state index contributed by atoms with van der Waals surface area (Å²) in [6.07, 6.45) is -1.78. The largest absolute Gasteiger partial charge is 0.495 e. The first-order chi connectivity index (χ1) is 24.4. The van der Waals surface area contributed by atoms with Gasteiger partial charge in [-0.2, -0.15) is 18.2 Å². The average molecular weight is 738 g/mol. The fourth-order valence-corrected chi connectivity index (χ4v) is 7.86. The number of carbonyl (C=O) groups excluding carboxylic acids is 1. The number of halogens is 3. The number of benzene rings is 2. The quantitative estimate of drug-likeness (QED) is 0.107. The normalized spacial score (nSPS) is 17.8. The molecule has 2 aromatic carbocycles. The van der Waals surface area contributed by atoms with Crippen molar-refractivity contribution in [2.75, 3.05) is 65.4 Å². The van der Waals surface area contributed by atoms with Crippen LogP contribution in [0.2, 0.25) is 0 Å². The number of nitrogens with one attached hydrogen (secondary N) is 2. The van der Waals surface area contributed by atoms with Crippen LogP contribution in [-0.2, 0) is 42.0 Å². The van der Waals surface area contributed by atoms with Crippen LogP contribution in [-0.4, -0.2) is 86.8 Å². The zero-order chi connectivity index (χ0) is 36.8. The van der Waals surface area contributed by atoms with Gasteiger partial charge in [0, 0.05) is 34.0 Å². The molecular weight excluding hydrogens is 694 g/mol. The first-order valence-electron chi connectivity index (χ1n) is 16.5. The van der Waals surface area contributed by atoms with Crippen LogP contribution in [0, 0.1) is 0 Å². The molecule has 0 unspecified atom stereocenters. The third-order valence-electron chi connectivity index (χ3n) is 8.83. The number of aromatic nitrogens is 2. The molecule has 0 spiro atoms. The molecule has 0 bridgehead atoms. The zero-order valence-electron chi connectivity index (χ0n) is 28.9. The van der Waals surface area contributed by atoms with Gasteiger partial charge in [0.15, 0.2) is 0 Å². The predicted molar refractivity (Wildman–Crippen MR) is 183 cm³/mol. The second-order valence-corrected chi connectivity index (χ2v) is 14.4. The number of amides is 1. The van der Waals surface area contributed by atoms with Gasteiger partial charge in [-0.25, -0.2) is 4.98 Å². The van der Waals surface area contributed by atoms with Gasteiger partial charge in [-0.1, -0.05) is 12.1 Å². The van der Waals surface area contributed by atoms with Gasteiger partial charge in [0.2, 0.25) is 5.95 Å². The summed E-state index contributed by atoms with van der Waals surface area (Å²) in [4.78, 5) is 23.0. The zero-order valence-corrected chi connectivity index (χ0v) is 29.8. The molecule has 5 rings (SSSR count). The van der Waals surface area contributed by atoms with Gasteiger partial charge in [0.05, 0.1) is 62.7 Å². The van der Waals surface area contributed by atoms with E-state index < -0.39 is 25.2 Å². The molecule has 3 aromatic rings. The first-order valence-corrected chi connectivity index (χ1v) is 18.2. The fraction of sp³-hybridized carbons (Fsp3) is 0.500. The number of fused-ring (bicyclic) bond motifs is 1. The lowest BCUT2D eigenvalue weighted by Gasteiger charge is -2.27. The maximum absolute atomic E-state index is 14.2. The number of ether oxygens (including phenoxy) is 3. The number of nitrogens with zero attached hydrogens (tertiary/aromatic N) is 3. The SMILES string of the molecule is COCCOP(=O)(Cc1ccc(Nc2ncc(C(F)(F)F)c(Nc3ccc(C4CCC(O)CC4)c4c3C(=O)N(C)C4)n2)c(OC)c1)OCCOC. The minimum Gasteiger partial charge on any atom is -0.495 e. The predicted octanol–water partition coefficient (Wildman–Crippen LogP) is 6.61. The molecule has 17 heteroatoms. The van der Waals surface area contributed by atoms with E-state index in [1.165, 1.54) is 26.2 Å². The summed E-state index contributed by atoms with van der Waals surface area (Å²) < 4.78 is 82.8. The van der Waals surface area contributed by atoms with Crippen molar-refractivity contribution in [3.8, 4) is 5.75 Å². The number of carbonyl (C=O) groups is 1. The standard InChI is InChI=1S/C34H43F3N5O8P/c1-42-19-25-24(22-6-8-23(43)9-7-22)10-12-28(30(25)32(42)44)39-31-26(34(35,36)37)18-38-33(41-31)40-27-11-5-21(17-29(27)48-4)20-51(45,49-15-13-46-2)50-16-14-47-3/h5,10-12,17-18,22-23,43H,6-9,13-16,19-20H2,1-4H3,(H2,38,39,40,41). The van der Waals surface area contributed by atoms with Gasteiger partial charge >= 0.3 is 13.8 Å². The summed E-state index contributed by atoms with van der Waals surface area (Å²) in [5.74, 6) is -0.630. The van der Waals surface area contributed by atoms with Gasteiger partial charge in [-0.3, -0.25) is 9.36 Å². The molecule has 0 saturated heterocycles. The fourth-order valence-electron chi connectivity index (χ4n) is 6.25. The van der Waals surface area contributed by atoms with Gasteiger partial charge < -0.3 is 43.9 Å². The molecule has 51 heavy (non-hydrogen) atoms. The second-order valence-electron chi connectivity index (χ2n) is 12.4. The van der Waals surface area contributed by atoms with E-state index in [1.54, 1.807) is 31.3 Å². The lowest BCUT2D eigenvalue weighted by molar-refractivity contribution is -0.137. The van der Waals surface area contributed by atoms with Crippen molar-refractivity contribution in [1.29, 1.82) is 0 Å². The highest BCUT2D eigenvalue weighted by Crippen LogP contribution is 2.52. The lowest BCUT2D eigenvalue weighted by atomic mass is 9.80. The molecule has 0 radical (unpaired) electrons. The molecule has 1 fully saturated rings. The van der Waals surface area contributed by atoms with Crippen molar-refractivity contribution in [3.63, 3.8) is 0 Å². The number of aliphatic hydroxyl groups excluding tert-OH is 1. The third-order valence-corrected chi connectivity index (χ3v) is 10.7. The Hall–Kier alpha value is -3.79. The molecule has 2 heterocycles. The van der Waals surface area contributed by atoms with Crippen molar-refractivity contribution in [1.82, 2.24) is 14.9 Å². The molecule has 3 N–H and O–H groups in total. The van der Waals surface area contributed by atoms with E-state index in [2.05, 4.69) is 20.6 Å². The Morgan fingerprint density at radius 3 is 2.25 bits per heavy atom. The van der Waals surface area contributed by atoms with Crippen molar-refractivity contribution in [2.24, 2.45) is 0 Å². The average Bonchev–Trinajstić information content (AvgIpc) is 3.39. The Balaban J connectivity index is 1.42. The van der Waals surface area contributed by atoms with E-state index in [0.717, 1.165) is 24.0 Å². The highest BCUT2D eigenvalue weighted by Gasteiger charge is 2.37. The number of rotatable bonds is 16. The van der Waals surface area contributed by atoms with Gasteiger partial charge in [0.1, 0.15) is 17.1 Å². The van der Waals surface area contributed by atoms with Crippen molar-refractivity contribution >= 4 is 36.6 Å². The summed E-state index contributed by atoms with van der Waals surface area (Å²) in [7, 11) is 2.42. The Morgan fingerprint density at radius 2 is 1.63 bits per heavy atom. The van der Waals surface area contributed by atoms with Crippen LogP contribution >= 0.6 is 7.60 Å². The number of hydrogen-bond donors (Lipinski definition) is 3. The summed E-state index contributed by atoms with van der Waals surface area (Å²) in [5, 5.41) is 15.7. The Labute approximate surface area is 294 Å². The van der Waals surface area contributed by atoms with Gasteiger partial charge in [-0.05, 0) is 66.5 Å². The Morgan fingerprint density at radius 1 is 0.961 bits per heavy atom. The van der Waals surface area contributed by atoms with E-state index in [1.807, 2.05) is 6.07 Å². The van der Waals surface area contributed by atoms with Crippen LogP contribution in [0.5, 0.6) is 5.75 Å². The van der Waals surface area contributed by atoms with E-state index in [9.17, 15) is 27.6 Å². The monoisotopic (exact) mass is 737 g/mol. The molecule has 278 valence electrons. The van der Waals surface area contributed by atoms with Crippen LogP contribution in [0.4, 0.5) is 36.3 Å². The molecule has 13 nitrogen and oxygen atoms in total. The summed E-state index contributed by atoms with van der Waals surface area (Å²) >= 11 is 0. The van der Waals surface area contributed by atoms with Crippen molar-refractivity contribution in [2.45, 2.75) is 56.6 Å². The lowest BCUT2D eigenvalue weighted by Crippen LogP contribution is -2.18. The minimum absolute atomic E-state index is 0.0441. The van der Waals surface area contributed by atoms with Gasteiger partial charge in [-0.15, -0.1) is 0 Å². The van der Waals surface area contributed by atoms with Gasteiger partial charge in [0.25, 0.3) is 5.91 Å². The van der Waals surface area contributed by atoms with E-state index >= 15 is 0 Å². The van der Waals surface area contributed by atoms with E-state index in [4.69, 9.17) is 23.3 Å². The summed E-state index contributed by atoms with van der Waals surface area (Å²) in [6.45, 7) is 0.831. The van der Waals surface area contributed by atoms with E-state index in [0.29, 0.717) is 42.4 Å². The van der Waals surface area contributed by atoms with Crippen LogP contribution < -0.4 is 15.4 Å². The van der Waals surface area contributed by atoms with E-state index in [-0.39, 0.29) is 67.9 Å². The maximum atomic E-state index is 14.2. The number of methoxy groups -OCH3 is 3. The smallest absolute Gasteiger partial charge is 0.421 e. The third kappa shape index (κ3) is 9.36. The van der Waals surface area contributed by atoms with Crippen LogP contribution in [0.1, 0.15) is 64.2 Å². The Bertz CT molecular complexity index is 1720. The number of anilines is 4. The molecular formula is C34H43F3N5O8P. The molecule has 0 atom stereocenters. The number of alkyl halides is 3. The molecule has 1 amide bonds. The Kier molecular flexibility index (Phi) is 12.6. The minimum atomic E-state index is -4.81. The maximum Gasteiger partial charge on any atom is 0.421 e. The molecule has 2 aliphatic rings. The van der Waals surface area contributed by atoms with Crippen molar-refractivity contribution in [3.05, 3.63) is 64.3 Å². The highest BCUT2D eigenvalue weighted by molar-refractivity contribution is 7.53. The summed E-state index contributed by atoms with van der Waals surface area (Å²) in [5.41, 5.74) is 1.97. The summed E-state index contributed by atoms with van der Waals surface area (Å²) in [6, 6.07) is 8.28. The van der Waals surface area contributed by atoms with Crippen LogP contribution in [0.15, 0.2) is 36.5 Å².